The van der Waals surface area contributed by atoms with E-state index in [9.17, 15) is 4.79 Å². The molecule has 1 amide bonds. The summed E-state index contributed by atoms with van der Waals surface area (Å²) in [5, 5.41) is 4.07. The van der Waals surface area contributed by atoms with Gasteiger partial charge >= 0.3 is 0 Å². The molecule has 0 aromatic carbocycles. The second kappa shape index (κ2) is 8.87. The van der Waals surface area contributed by atoms with E-state index in [1.165, 1.54) is 24.2 Å². The Morgan fingerprint density at radius 3 is 2.77 bits per heavy atom. The summed E-state index contributed by atoms with van der Waals surface area (Å²) in [7, 11) is 0. The van der Waals surface area contributed by atoms with Crippen LogP contribution in [0.4, 0.5) is 10.9 Å². The quantitative estimate of drug-likeness (QED) is 0.688. The van der Waals surface area contributed by atoms with Gasteiger partial charge in [-0.05, 0) is 43.7 Å². The van der Waals surface area contributed by atoms with Crippen molar-refractivity contribution in [2.45, 2.75) is 31.8 Å². The van der Waals surface area contributed by atoms with E-state index in [0.717, 1.165) is 57.5 Å². The van der Waals surface area contributed by atoms with Crippen LogP contribution in [0.3, 0.4) is 0 Å². The van der Waals surface area contributed by atoms with Crippen LogP contribution in [0.2, 0.25) is 0 Å². The van der Waals surface area contributed by atoms with Crippen molar-refractivity contribution in [2.75, 3.05) is 43.1 Å². The van der Waals surface area contributed by atoms with Gasteiger partial charge in [-0.15, -0.1) is 0 Å². The first-order valence-electron chi connectivity index (χ1n) is 10.6. The summed E-state index contributed by atoms with van der Waals surface area (Å²) in [6, 6.07) is 3.84. The third-order valence-corrected chi connectivity index (χ3v) is 6.51. The molecule has 0 unspecified atom stereocenters. The van der Waals surface area contributed by atoms with Gasteiger partial charge in [0.15, 0.2) is 5.13 Å². The highest BCUT2D eigenvalue weighted by Crippen LogP contribution is 2.36. The molecule has 0 bridgehead atoms. The summed E-state index contributed by atoms with van der Waals surface area (Å²) in [5.41, 5.74) is 0. The first kappa shape index (κ1) is 19.7. The number of thiazole rings is 1. The van der Waals surface area contributed by atoms with E-state index in [-0.39, 0.29) is 17.9 Å². The molecule has 0 spiro atoms. The summed E-state index contributed by atoms with van der Waals surface area (Å²) >= 11 is 1.31. The molecule has 9 heteroatoms. The number of hydrogen-bond acceptors (Lipinski definition) is 8. The lowest BCUT2D eigenvalue weighted by molar-refractivity contribution is -0.128. The van der Waals surface area contributed by atoms with Gasteiger partial charge in [-0.2, -0.15) is 0 Å². The van der Waals surface area contributed by atoms with Crippen LogP contribution in [0.25, 0.3) is 0 Å². The highest BCUT2D eigenvalue weighted by Gasteiger charge is 2.36. The van der Waals surface area contributed by atoms with E-state index in [1.54, 1.807) is 12.4 Å². The van der Waals surface area contributed by atoms with Crippen molar-refractivity contribution in [3.05, 3.63) is 24.5 Å². The Morgan fingerprint density at radius 1 is 1.20 bits per heavy atom. The van der Waals surface area contributed by atoms with Crippen molar-refractivity contribution in [1.29, 1.82) is 0 Å². The first-order chi connectivity index (χ1) is 14.7. The minimum atomic E-state index is 0.0127. The maximum absolute atomic E-state index is 12.4. The van der Waals surface area contributed by atoms with Gasteiger partial charge in [0.1, 0.15) is 11.6 Å². The number of anilines is 2. The Labute approximate surface area is 179 Å². The molecule has 2 aromatic heterocycles. The molecule has 8 nitrogen and oxygen atoms in total. The number of amides is 1. The van der Waals surface area contributed by atoms with Gasteiger partial charge in [0, 0.05) is 25.6 Å². The third kappa shape index (κ3) is 4.91. The lowest BCUT2D eigenvalue weighted by Gasteiger charge is -2.33. The Kier molecular flexibility index (Phi) is 5.83. The van der Waals surface area contributed by atoms with Crippen molar-refractivity contribution >= 4 is 28.2 Å². The van der Waals surface area contributed by atoms with E-state index in [2.05, 4.69) is 20.2 Å². The minimum Gasteiger partial charge on any atom is -0.443 e. The molecule has 160 valence electrons. The predicted octanol–water partition coefficient (Wildman–Crippen LogP) is 3.31. The van der Waals surface area contributed by atoms with Crippen LogP contribution in [0.15, 0.2) is 24.5 Å². The van der Waals surface area contributed by atoms with Crippen molar-refractivity contribution in [3.63, 3.8) is 0 Å². The summed E-state index contributed by atoms with van der Waals surface area (Å²) in [6.45, 7) is 4.00. The van der Waals surface area contributed by atoms with Gasteiger partial charge in [-0.3, -0.25) is 4.79 Å². The number of nitrogens with zero attached hydrogens (tertiary/aromatic N) is 3. The average molecular weight is 431 g/mol. The Bertz CT molecular complexity index is 858. The maximum atomic E-state index is 12.4. The molecular formula is C21H26N4O4S. The lowest BCUT2D eigenvalue weighted by Crippen LogP contribution is -2.39. The first-order valence-corrected chi connectivity index (χ1v) is 11.4. The SMILES string of the molecule is O=C(Nc1ncc(Oc2ccc(N3CCOCC3)nc2)s1)C1CC(OCC2CC2)C1. The number of aromatic nitrogens is 2. The third-order valence-electron chi connectivity index (χ3n) is 5.72. The van der Waals surface area contributed by atoms with Gasteiger partial charge in [0.05, 0.1) is 31.7 Å². The zero-order chi connectivity index (χ0) is 20.3. The average Bonchev–Trinajstić information content (AvgIpc) is 3.47. The number of rotatable bonds is 8. The van der Waals surface area contributed by atoms with Gasteiger partial charge in [-0.25, -0.2) is 9.97 Å². The second-order valence-corrected chi connectivity index (χ2v) is 9.09. The largest absolute Gasteiger partial charge is 0.443 e. The molecule has 2 saturated carbocycles. The molecule has 5 rings (SSSR count). The number of hydrogen-bond donors (Lipinski definition) is 1. The number of morpholine rings is 1. The zero-order valence-corrected chi connectivity index (χ0v) is 17.6. The maximum Gasteiger partial charge on any atom is 0.229 e. The van der Waals surface area contributed by atoms with Crippen LogP contribution >= 0.6 is 11.3 Å². The van der Waals surface area contributed by atoms with E-state index in [0.29, 0.717) is 15.9 Å². The normalized spacial score (nSPS) is 23.7. The van der Waals surface area contributed by atoms with E-state index < -0.39 is 0 Å². The predicted molar refractivity (Wildman–Crippen MR) is 113 cm³/mol. The highest BCUT2D eigenvalue weighted by molar-refractivity contribution is 7.17. The van der Waals surface area contributed by atoms with Crippen molar-refractivity contribution in [1.82, 2.24) is 9.97 Å². The fourth-order valence-electron chi connectivity index (χ4n) is 3.57. The molecule has 0 atom stereocenters. The van der Waals surface area contributed by atoms with Crippen molar-refractivity contribution in [2.24, 2.45) is 11.8 Å². The Balaban J connectivity index is 1.08. The van der Waals surface area contributed by atoms with Crippen LogP contribution < -0.4 is 15.0 Å². The topological polar surface area (TPSA) is 85.8 Å². The summed E-state index contributed by atoms with van der Waals surface area (Å²) in [5.74, 6) is 2.35. The van der Waals surface area contributed by atoms with Gasteiger partial charge < -0.3 is 24.4 Å². The molecule has 3 aliphatic rings. The molecule has 2 aromatic rings. The van der Waals surface area contributed by atoms with Crippen molar-refractivity contribution in [3.8, 4) is 10.8 Å². The standard InChI is InChI=1S/C21H26N4O4S/c26-20(15-9-17(10-15)28-13-14-1-2-14)24-21-23-12-19(30-21)29-16-3-4-18(22-11-16)25-5-7-27-8-6-25/h3-4,11-12,14-15,17H,1-2,5-10,13H2,(H,23,24,26). The molecule has 2 aliphatic carbocycles. The van der Waals surface area contributed by atoms with Crippen LogP contribution in [0.1, 0.15) is 25.7 Å². The number of pyridine rings is 1. The minimum absolute atomic E-state index is 0.0127. The van der Waals surface area contributed by atoms with Gasteiger partial charge in [0.25, 0.3) is 0 Å². The van der Waals surface area contributed by atoms with Crippen LogP contribution in [-0.2, 0) is 14.3 Å². The van der Waals surface area contributed by atoms with Crippen LogP contribution in [-0.4, -0.2) is 54.9 Å². The van der Waals surface area contributed by atoms with E-state index >= 15 is 0 Å². The molecule has 0 radical (unpaired) electrons. The number of nitrogens with one attached hydrogen (secondary N) is 1. The molecule has 1 saturated heterocycles. The number of carbonyl (C=O) groups is 1. The second-order valence-electron chi connectivity index (χ2n) is 8.09. The Hall–Kier alpha value is -2.23. The Morgan fingerprint density at radius 2 is 2.03 bits per heavy atom. The smallest absolute Gasteiger partial charge is 0.229 e. The number of carbonyl (C=O) groups excluding carboxylic acids is 1. The molecule has 1 aliphatic heterocycles. The summed E-state index contributed by atoms with van der Waals surface area (Å²) < 4.78 is 17.0. The highest BCUT2D eigenvalue weighted by atomic mass is 32.1. The van der Waals surface area contributed by atoms with Gasteiger partial charge in [-0.1, -0.05) is 11.3 Å². The lowest BCUT2D eigenvalue weighted by atomic mass is 9.81. The monoisotopic (exact) mass is 430 g/mol. The van der Waals surface area contributed by atoms with E-state index in [1.807, 2.05) is 12.1 Å². The van der Waals surface area contributed by atoms with Crippen LogP contribution in [0.5, 0.6) is 10.8 Å². The zero-order valence-electron chi connectivity index (χ0n) is 16.8. The molecule has 1 N–H and O–H groups in total. The fourth-order valence-corrected chi connectivity index (χ4v) is 4.26. The molecular weight excluding hydrogens is 404 g/mol. The number of ether oxygens (including phenoxy) is 3. The summed E-state index contributed by atoms with van der Waals surface area (Å²) in [6.07, 6.45) is 7.75. The van der Waals surface area contributed by atoms with Crippen LogP contribution in [0, 0.1) is 11.8 Å². The summed E-state index contributed by atoms with van der Waals surface area (Å²) in [4.78, 5) is 23.3. The van der Waals surface area contributed by atoms with Gasteiger partial charge in [0.2, 0.25) is 11.0 Å². The molecule has 3 fully saturated rings. The van der Waals surface area contributed by atoms with Crippen molar-refractivity contribution < 1.29 is 19.0 Å². The van der Waals surface area contributed by atoms with E-state index in [4.69, 9.17) is 14.2 Å². The molecule has 3 heterocycles. The fraction of sp³-hybridized carbons (Fsp3) is 0.571. The molecule has 30 heavy (non-hydrogen) atoms.